The predicted octanol–water partition coefficient (Wildman–Crippen LogP) is 0.433. The summed E-state index contributed by atoms with van der Waals surface area (Å²) < 4.78 is 29.6. The summed E-state index contributed by atoms with van der Waals surface area (Å²) in [4.78, 5) is 0. The van der Waals surface area contributed by atoms with Crippen molar-refractivity contribution >= 4 is 0 Å². The van der Waals surface area contributed by atoms with Crippen LogP contribution in [0, 0.1) is 0 Å². The molecule has 0 aromatic rings. The third kappa shape index (κ3) is 116. The standard InChI is InChI=1S/3FH.H2O.Ta/h3*1H;1H2;/q;;;;+3/p-3. The molecule has 1 nitrogen and oxygen atoms in total. The normalized spacial score (nSPS) is 7.20. The Hall–Kier alpha value is 0.490. The van der Waals surface area contributed by atoms with Gasteiger partial charge in [-0.2, -0.15) is 0 Å². The van der Waals surface area contributed by atoms with E-state index in [9.17, 15) is 9.07 Å². The number of hydrogen-bond donors (Lipinski definition) is 0. The SMILES string of the molecule is O.[F][Ta]([F])[F]. The first-order chi connectivity index (χ1) is 1.73. The summed E-state index contributed by atoms with van der Waals surface area (Å²) in [5, 5.41) is 0. The predicted molar refractivity (Wildman–Crippen MR) is 6.94 cm³/mol. The van der Waals surface area contributed by atoms with E-state index in [1.807, 2.05) is 0 Å². The van der Waals surface area contributed by atoms with Crippen molar-refractivity contribution in [3.05, 3.63) is 0 Å². The monoisotopic (exact) mass is 256 g/mol. The van der Waals surface area contributed by atoms with E-state index in [1.54, 1.807) is 0 Å². The molecule has 0 spiro atoms. The molecule has 34 valence electrons. The zero-order chi connectivity index (χ0) is 3.58. The Morgan fingerprint density at radius 1 is 1.00 bits per heavy atom. The molecular weight excluding hydrogens is 254 g/mol. The molecule has 0 amide bonds. The van der Waals surface area contributed by atoms with Gasteiger partial charge in [-0.1, -0.05) is 0 Å². The zero-order valence-corrected chi connectivity index (χ0v) is 5.29. The molecule has 0 radical (unpaired) electrons. The molecule has 0 atom stereocenters. The maximum atomic E-state index is 9.87. The summed E-state index contributed by atoms with van der Waals surface area (Å²) in [6, 6.07) is 0. The van der Waals surface area contributed by atoms with Crippen LogP contribution in [0.4, 0.5) is 9.07 Å². The quantitative estimate of drug-likeness (QED) is 0.602. The van der Waals surface area contributed by atoms with Gasteiger partial charge in [0.25, 0.3) is 0 Å². The van der Waals surface area contributed by atoms with E-state index in [1.165, 1.54) is 0 Å². The Balaban J connectivity index is 0. The van der Waals surface area contributed by atoms with Gasteiger partial charge in [-0.3, -0.25) is 0 Å². The van der Waals surface area contributed by atoms with E-state index < -0.39 is 20.1 Å². The van der Waals surface area contributed by atoms with Crippen LogP contribution in [-0.2, 0) is 20.1 Å². The van der Waals surface area contributed by atoms with Gasteiger partial charge in [0.15, 0.2) is 0 Å². The number of rotatable bonds is 0. The Kier molecular flexibility index (Phi) is 8.16. The molecule has 0 bridgehead atoms. The van der Waals surface area contributed by atoms with Crippen LogP contribution in [-0.4, -0.2) is 5.48 Å². The van der Waals surface area contributed by atoms with Crippen LogP contribution in [0.1, 0.15) is 0 Å². The van der Waals surface area contributed by atoms with Gasteiger partial charge in [-0.05, 0) is 0 Å². The zero-order valence-electron chi connectivity index (χ0n) is 2.08. The molecule has 2 N–H and O–H groups in total. The van der Waals surface area contributed by atoms with Gasteiger partial charge in [0.1, 0.15) is 0 Å². The van der Waals surface area contributed by atoms with Crippen molar-refractivity contribution in [2.45, 2.75) is 0 Å². The molecule has 5 heavy (non-hydrogen) atoms. The third-order valence-corrected chi connectivity index (χ3v) is 0. The van der Waals surface area contributed by atoms with Gasteiger partial charge >= 0.3 is 29.2 Å². The van der Waals surface area contributed by atoms with Gasteiger partial charge in [0.05, 0.1) is 0 Å². The molecule has 0 fully saturated rings. The van der Waals surface area contributed by atoms with Crippen molar-refractivity contribution in [3.63, 3.8) is 0 Å². The van der Waals surface area contributed by atoms with E-state index >= 15 is 0 Å². The number of halogens is 3. The molecule has 0 saturated heterocycles. The molecular formula is H2F3OTa. The van der Waals surface area contributed by atoms with E-state index in [0.717, 1.165) is 0 Å². The first kappa shape index (κ1) is 9.09. The molecule has 0 aromatic carbocycles. The molecule has 5 heteroatoms. The first-order valence-electron chi connectivity index (χ1n) is 0.507. The Labute approximate surface area is 35.3 Å². The van der Waals surface area contributed by atoms with Crippen molar-refractivity contribution in [2.75, 3.05) is 0 Å². The number of hydrogen-bond acceptors (Lipinski definition) is 0. The summed E-state index contributed by atoms with van der Waals surface area (Å²) in [7, 11) is 0. The summed E-state index contributed by atoms with van der Waals surface area (Å²) in [6.07, 6.45) is 0. The fraction of sp³-hybridized carbons (Fsp3) is 0. The molecule has 0 rings (SSSR count). The Bertz CT molecular complexity index is 11.6. The maximum absolute atomic E-state index is 9.87. The minimum atomic E-state index is -5.09. The fourth-order valence-corrected chi connectivity index (χ4v) is 0. The van der Waals surface area contributed by atoms with E-state index in [2.05, 4.69) is 0 Å². The van der Waals surface area contributed by atoms with Crippen LogP contribution in [0.2, 0.25) is 0 Å². The Morgan fingerprint density at radius 2 is 1.00 bits per heavy atom. The molecule has 0 aliphatic carbocycles. The van der Waals surface area contributed by atoms with Gasteiger partial charge in [0, 0.05) is 0 Å². The second-order valence-corrected chi connectivity index (χ2v) is 1.57. The van der Waals surface area contributed by atoms with Crippen molar-refractivity contribution in [1.82, 2.24) is 0 Å². The fourth-order valence-electron chi connectivity index (χ4n) is 0. The van der Waals surface area contributed by atoms with Crippen LogP contribution < -0.4 is 0 Å². The second-order valence-electron chi connectivity index (χ2n) is 0.192. The molecule has 0 aromatic heterocycles. The second kappa shape index (κ2) is 4.49. The van der Waals surface area contributed by atoms with Crippen molar-refractivity contribution in [3.8, 4) is 0 Å². The Morgan fingerprint density at radius 3 is 1.00 bits per heavy atom. The van der Waals surface area contributed by atoms with E-state index in [4.69, 9.17) is 0 Å². The van der Waals surface area contributed by atoms with Gasteiger partial charge < -0.3 is 5.48 Å². The van der Waals surface area contributed by atoms with Gasteiger partial charge in [-0.15, -0.1) is 0 Å². The molecule has 0 saturated carbocycles. The molecule has 0 heterocycles. The van der Waals surface area contributed by atoms with Gasteiger partial charge in [0.2, 0.25) is 0 Å². The molecule has 0 aliphatic heterocycles. The van der Waals surface area contributed by atoms with Crippen LogP contribution in [0.15, 0.2) is 0 Å². The summed E-state index contributed by atoms with van der Waals surface area (Å²) in [5.41, 5.74) is 0. The van der Waals surface area contributed by atoms with Crippen molar-refractivity contribution in [2.24, 2.45) is 0 Å². The van der Waals surface area contributed by atoms with E-state index in [-0.39, 0.29) is 5.48 Å². The topological polar surface area (TPSA) is 31.5 Å². The van der Waals surface area contributed by atoms with Crippen molar-refractivity contribution in [1.29, 1.82) is 0 Å². The summed E-state index contributed by atoms with van der Waals surface area (Å²) in [6.45, 7) is 0. The average molecular weight is 256 g/mol. The minimum absolute atomic E-state index is 0. The van der Waals surface area contributed by atoms with Gasteiger partial charge in [-0.25, -0.2) is 0 Å². The molecule has 0 unspecified atom stereocenters. The van der Waals surface area contributed by atoms with Crippen LogP contribution in [0.5, 0.6) is 0 Å². The van der Waals surface area contributed by atoms with Crippen LogP contribution in [0.3, 0.4) is 0 Å². The first-order valence-corrected chi connectivity index (χ1v) is 4.15. The van der Waals surface area contributed by atoms with E-state index in [0.29, 0.717) is 0 Å². The summed E-state index contributed by atoms with van der Waals surface area (Å²) >= 11 is -5.09. The third-order valence-electron chi connectivity index (χ3n) is 0. The van der Waals surface area contributed by atoms with Crippen LogP contribution >= 0.6 is 0 Å². The van der Waals surface area contributed by atoms with Crippen LogP contribution in [0.25, 0.3) is 0 Å². The van der Waals surface area contributed by atoms with Crippen molar-refractivity contribution < 1.29 is 34.6 Å². The summed E-state index contributed by atoms with van der Waals surface area (Å²) in [5.74, 6) is 0. The average Bonchev–Trinajstić information content (AvgIpc) is 0.811. The molecule has 0 aliphatic rings.